The minimum atomic E-state index is -0.290. The lowest BCUT2D eigenvalue weighted by Crippen LogP contribution is -2.12. The number of aromatic nitrogens is 2. The van der Waals surface area contributed by atoms with Crippen molar-refractivity contribution < 1.29 is 23.7 Å². The lowest BCUT2D eigenvalue weighted by atomic mass is 10.1. The Bertz CT molecular complexity index is 1280. The van der Waals surface area contributed by atoms with Crippen molar-refractivity contribution in [2.24, 2.45) is 0 Å². The Morgan fingerprint density at radius 2 is 1.31 bits per heavy atom. The number of anilines is 1. The van der Waals surface area contributed by atoms with Crippen molar-refractivity contribution in [1.82, 2.24) is 9.97 Å². The van der Waals surface area contributed by atoms with Gasteiger partial charge >= 0.3 is 0 Å². The van der Waals surface area contributed by atoms with Crippen LogP contribution in [0, 0.1) is 0 Å². The number of amides is 1. The summed E-state index contributed by atoms with van der Waals surface area (Å²) in [5, 5.41) is 2.91. The van der Waals surface area contributed by atoms with Gasteiger partial charge in [-0.3, -0.25) is 14.8 Å². The average Bonchev–Trinajstić information content (AvgIpc) is 2.92. The quantitative estimate of drug-likeness (QED) is 0.308. The number of nitrogens with zero attached hydrogens (tertiary/aromatic N) is 2. The molecule has 0 bridgehead atoms. The van der Waals surface area contributed by atoms with Gasteiger partial charge in [-0.25, -0.2) is 0 Å². The maximum Gasteiger partial charge on any atom is 0.255 e. The molecule has 184 valence electrons. The van der Waals surface area contributed by atoms with Crippen LogP contribution in [0.3, 0.4) is 0 Å². The van der Waals surface area contributed by atoms with E-state index in [0.29, 0.717) is 54.1 Å². The second kappa shape index (κ2) is 12.2. The first kappa shape index (κ1) is 24.5. The summed E-state index contributed by atoms with van der Waals surface area (Å²) < 4.78 is 23.0. The van der Waals surface area contributed by atoms with Crippen LogP contribution in [0.5, 0.6) is 23.0 Å². The highest BCUT2D eigenvalue weighted by Gasteiger charge is 2.14. The first-order valence-corrected chi connectivity index (χ1v) is 11.5. The smallest absolute Gasteiger partial charge is 0.255 e. The van der Waals surface area contributed by atoms with E-state index in [-0.39, 0.29) is 5.91 Å². The van der Waals surface area contributed by atoms with Crippen molar-refractivity contribution in [2.75, 3.05) is 19.0 Å². The van der Waals surface area contributed by atoms with E-state index in [1.807, 2.05) is 31.2 Å². The molecule has 2 heterocycles. The van der Waals surface area contributed by atoms with Crippen molar-refractivity contribution in [3.8, 4) is 23.0 Å². The number of hydrogen-bond donors (Lipinski definition) is 1. The van der Waals surface area contributed by atoms with Gasteiger partial charge in [-0.1, -0.05) is 0 Å². The Balaban J connectivity index is 1.46. The lowest BCUT2D eigenvalue weighted by Gasteiger charge is -2.15. The zero-order valence-corrected chi connectivity index (χ0v) is 20.1. The zero-order valence-electron chi connectivity index (χ0n) is 20.1. The van der Waals surface area contributed by atoms with Gasteiger partial charge in [0.15, 0.2) is 23.0 Å². The summed E-state index contributed by atoms with van der Waals surface area (Å²) >= 11 is 0. The number of pyridine rings is 2. The third-order valence-corrected chi connectivity index (χ3v) is 5.21. The van der Waals surface area contributed by atoms with E-state index in [9.17, 15) is 4.79 Å². The topological polar surface area (TPSA) is 91.8 Å². The molecule has 0 aliphatic heterocycles. The fourth-order valence-electron chi connectivity index (χ4n) is 3.39. The van der Waals surface area contributed by atoms with Gasteiger partial charge in [0.25, 0.3) is 5.91 Å². The Morgan fingerprint density at radius 1 is 0.722 bits per heavy atom. The van der Waals surface area contributed by atoms with Gasteiger partial charge in [0.1, 0.15) is 13.2 Å². The molecular formula is C28H27N3O5. The number of carbonyl (C=O) groups is 1. The van der Waals surface area contributed by atoms with E-state index >= 15 is 0 Å². The number of hydrogen-bond acceptors (Lipinski definition) is 7. The van der Waals surface area contributed by atoms with E-state index < -0.39 is 0 Å². The molecule has 0 aliphatic rings. The molecular weight excluding hydrogens is 458 g/mol. The number of ether oxygens (including phenoxy) is 4. The fourth-order valence-corrected chi connectivity index (χ4v) is 3.39. The van der Waals surface area contributed by atoms with Crippen molar-refractivity contribution in [1.29, 1.82) is 0 Å². The van der Waals surface area contributed by atoms with Crippen LogP contribution in [0.4, 0.5) is 5.69 Å². The SMILES string of the molecule is CCOc1cc(C(=O)Nc2ccc(OC)c(OCc3ccncc3)c2)ccc1OCc1ccncc1. The molecule has 4 aromatic rings. The summed E-state index contributed by atoms with van der Waals surface area (Å²) in [6.45, 7) is 3.02. The second-order valence-corrected chi connectivity index (χ2v) is 7.70. The molecule has 0 spiro atoms. The minimum absolute atomic E-state index is 0.290. The second-order valence-electron chi connectivity index (χ2n) is 7.70. The molecule has 4 rings (SSSR count). The van der Waals surface area contributed by atoms with Gasteiger partial charge < -0.3 is 24.3 Å². The molecule has 1 N–H and O–H groups in total. The highest BCUT2D eigenvalue weighted by Crippen LogP contribution is 2.32. The Morgan fingerprint density at radius 3 is 1.92 bits per heavy atom. The van der Waals surface area contributed by atoms with Gasteiger partial charge in [0.05, 0.1) is 13.7 Å². The van der Waals surface area contributed by atoms with Crippen LogP contribution < -0.4 is 24.3 Å². The molecule has 8 heteroatoms. The van der Waals surface area contributed by atoms with Crippen molar-refractivity contribution >= 4 is 11.6 Å². The standard InChI is InChI=1S/C28H27N3O5/c1-3-34-26-16-22(4-6-25(26)35-18-20-8-12-29-13-9-20)28(32)31-23-5-7-24(33-2)27(17-23)36-19-21-10-14-30-15-11-21/h4-17H,3,18-19H2,1-2H3,(H,31,32). The van der Waals surface area contributed by atoms with Crippen LogP contribution in [0.2, 0.25) is 0 Å². The molecule has 2 aromatic carbocycles. The first-order chi connectivity index (χ1) is 17.7. The van der Waals surface area contributed by atoms with E-state index in [1.165, 1.54) is 0 Å². The molecule has 0 saturated carbocycles. The zero-order chi connectivity index (χ0) is 25.2. The van der Waals surface area contributed by atoms with Crippen molar-refractivity contribution in [3.63, 3.8) is 0 Å². The summed E-state index contributed by atoms with van der Waals surface area (Å²) in [7, 11) is 1.57. The van der Waals surface area contributed by atoms with Crippen LogP contribution >= 0.6 is 0 Å². The van der Waals surface area contributed by atoms with Gasteiger partial charge in [0.2, 0.25) is 0 Å². The van der Waals surface area contributed by atoms with Crippen molar-refractivity contribution in [3.05, 3.63) is 102 Å². The van der Waals surface area contributed by atoms with Crippen LogP contribution in [0.25, 0.3) is 0 Å². The van der Waals surface area contributed by atoms with Gasteiger partial charge in [-0.15, -0.1) is 0 Å². The van der Waals surface area contributed by atoms with E-state index in [4.69, 9.17) is 18.9 Å². The van der Waals surface area contributed by atoms with E-state index in [1.54, 1.807) is 68.3 Å². The molecule has 36 heavy (non-hydrogen) atoms. The van der Waals surface area contributed by atoms with Gasteiger partial charge in [-0.05, 0) is 72.6 Å². The molecule has 1 amide bonds. The number of benzene rings is 2. The Hall–Kier alpha value is -4.59. The number of nitrogens with one attached hydrogen (secondary N) is 1. The van der Waals surface area contributed by atoms with Gasteiger partial charge in [0, 0.05) is 42.1 Å². The summed E-state index contributed by atoms with van der Waals surface area (Å²) in [4.78, 5) is 21.0. The molecule has 0 saturated heterocycles. The number of rotatable bonds is 11. The fraction of sp³-hybridized carbons (Fsp3) is 0.179. The van der Waals surface area contributed by atoms with Gasteiger partial charge in [-0.2, -0.15) is 0 Å². The predicted octanol–water partition coefficient (Wildman–Crippen LogP) is 5.29. The Labute approximate surface area is 209 Å². The molecule has 0 fully saturated rings. The summed E-state index contributed by atoms with van der Waals surface area (Å²) in [5.41, 5.74) is 2.96. The monoisotopic (exact) mass is 485 g/mol. The lowest BCUT2D eigenvalue weighted by molar-refractivity contribution is 0.102. The van der Waals surface area contributed by atoms with Crippen LogP contribution in [0.15, 0.2) is 85.5 Å². The third-order valence-electron chi connectivity index (χ3n) is 5.21. The molecule has 8 nitrogen and oxygen atoms in total. The maximum atomic E-state index is 13.0. The van der Waals surface area contributed by atoms with Crippen LogP contribution in [-0.2, 0) is 13.2 Å². The Kier molecular flexibility index (Phi) is 8.32. The molecule has 0 unspecified atom stereocenters. The largest absolute Gasteiger partial charge is 0.493 e. The number of methoxy groups -OCH3 is 1. The molecule has 0 atom stereocenters. The maximum absolute atomic E-state index is 13.0. The van der Waals surface area contributed by atoms with E-state index in [0.717, 1.165) is 11.1 Å². The third kappa shape index (κ3) is 6.50. The van der Waals surface area contributed by atoms with E-state index in [2.05, 4.69) is 15.3 Å². The summed E-state index contributed by atoms with van der Waals surface area (Å²) in [6, 6.07) is 17.8. The van der Waals surface area contributed by atoms with Crippen LogP contribution in [0.1, 0.15) is 28.4 Å². The van der Waals surface area contributed by atoms with Crippen LogP contribution in [-0.4, -0.2) is 29.6 Å². The molecule has 0 aliphatic carbocycles. The highest BCUT2D eigenvalue weighted by molar-refractivity contribution is 6.04. The molecule has 0 radical (unpaired) electrons. The summed E-state index contributed by atoms with van der Waals surface area (Å²) in [5.74, 6) is 1.84. The van der Waals surface area contributed by atoms with Crippen molar-refractivity contribution in [2.45, 2.75) is 20.1 Å². The molecule has 2 aromatic heterocycles. The predicted molar refractivity (Wildman–Crippen MR) is 136 cm³/mol. The minimum Gasteiger partial charge on any atom is -0.493 e. The summed E-state index contributed by atoms with van der Waals surface area (Å²) in [6.07, 6.45) is 6.84. The normalized spacial score (nSPS) is 10.4. The highest BCUT2D eigenvalue weighted by atomic mass is 16.5. The number of carbonyl (C=O) groups excluding carboxylic acids is 1. The average molecular weight is 486 g/mol. The first-order valence-electron chi connectivity index (χ1n) is 11.5.